The van der Waals surface area contributed by atoms with E-state index in [1.165, 1.54) is 0 Å². The SMILES string of the molecule is CC(C)N(CCCO)C1CCOC1. The number of hydrogen-bond donors (Lipinski definition) is 1. The van der Waals surface area contributed by atoms with Crippen LogP contribution in [0.3, 0.4) is 0 Å². The maximum absolute atomic E-state index is 8.78. The molecule has 1 aliphatic heterocycles. The molecule has 0 aromatic carbocycles. The number of aliphatic hydroxyl groups excluding tert-OH is 1. The van der Waals surface area contributed by atoms with Crippen LogP contribution in [0, 0.1) is 0 Å². The van der Waals surface area contributed by atoms with Crippen LogP contribution in [0.25, 0.3) is 0 Å². The van der Waals surface area contributed by atoms with E-state index in [0.717, 1.165) is 32.6 Å². The van der Waals surface area contributed by atoms with Gasteiger partial charge in [0.25, 0.3) is 0 Å². The second kappa shape index (κ2) is 5.58. The van der Waals surface area contributed by atoms with Crippen molar-refractivity contribution in [3.8, 4) is 0 Å². The largest absolute Gasteiger partial charge is 0.396 e. The summed E-state index contributed by atoms with van der Waals surface area (Å²) in [4.78, 5) is 2.43. The van der Waals surface area contributed by atoms with Gasteiger partial charge >= 0.3 is 0 Å². The molecule has 78 valence electrons. The Morgan fingerprint density at radius 1 is 1.54 bits per heavy atom. The van der Waals surface area contributed by atoms with Crippen molar-refractivity contribution in [1.82, 2.24) is 4.90 Å². The van der Waals surface area contributed by atoms with E-state index in [2.05, 4.69) is 18.7 Å². The normalized spacial score (nSPS) is 23.3. The highest BCUT2D eigenvalue weighted by atomic mass is 16.5. The Morgan fingerprint density at radius 3 is 2.77 bits per heavy atom. The first kappa shape index (κ1) is 11.0. The van der Waals surface area contributed by atoms with E-state index >= 15 is 0 Å². The van der Waals surface area contributed by atoms with Crippen molar-refractivity contribution < 1.29 is 9.84 Å². The minimum Gasteiger partial charge on any atom is -0.396 e. The van der Waals surface area contributed by atoms with Gasteiger partial charge in [-0.15, -0.1) is 0 Å². The van der Waals surface area contributed by atoms with E-state index in [1.807, 2.05) is 0 Å². The van der Waals surface area contributed by atoms with Gasteiger partial charge in [-0.2, -0.15) is 0 Å². The molecule has 1 unspecified atom stereocenters. The van der Waals surface area contributed by atoms with Gasteiger partial charge in [0, 0.05) is 31.8 Å². The van der Waals surface area contributed by atoms with Gasteiger partial charge in [0.1, 0.15) is 0 Å². The summed E-state index contributed by atoms with van der Waals surface area (Å²) in [6, 6.07) is 1.13. The minimum atomic E-state index is 0.288. The Labute approximate surface area is 80.7 Å². The molecule has 1 fully saturated rings. The first-order chi connectivity index (χ1) is 6.25. The molecule has 0 aromatic rings. The van der Waals surface area contributed by atoms with Crippen LogP contribution in [0.2, 0.25) is 0 Å². The standard InChI is InChI=1S/C10H21NO2/c1-9(2)11(5-3-6-12)10-4-7-13-8-10/h9-10,12H,3-8H2,1-2H3. The average molecular weight is 187 g/mol. The zero-order valence-corrected chi connectivity index (χ0v) is 8.70. The van der Waals surface area contributed by atoms with Crippen molar-refractivity contribution in [2.24, 2.45) is 0 Å². The van der Waals surface area contributed by atoms with Crippen LogP contribution < -0.4 is 0 Å². The molecule has 1 saturated heterocycles. The summed E-state index contributed by atoms with van der Waals surface area (Å²) < 4.78 is 5.36. The quantitative estimate of drug-likeness (QED) is 0.693. The molecule has 0 bridgehead atoms. The molecule has 0 amide bonds. The van der Waals surface area contributed by atoms with E-state index < -0.39 is 0 Å². The predicted octanol–water partition coefficient (Wildman–Crippen LogP) is 0.868. The fourth-order valence-electron chi connectivity index (χ4n) is 1.90. The molecular formula is C10H21NO2. The lowest BCUT2D eigenvalue weighted by molar-refractivity contribution is 0.112. The lowest BCUT2D eigenvalue weighted by atomic mass is 10.1. The highest BCUT2D eigenvalue weighted by Crippen LogP contribution is 2.15. The number of hydrogen-bond acceptors (Lipinski definition) is 3. The fraction of sp³-hybridized carbons (Fsp3) is 1.00. The van der Waals surface area contributed by atoms with Crippen LogP contribution in [0.1, 0.15) is 26.7 Å². The third-order valence-corrected chi connectivity index (χ3v) is 2.61. The lowest BCUT2D eigenvalue weighted by Gasteiger charge is -2.31. The average Bonchev–Trinajstić information content (AvgIpc) is 2.57. The second-order valence-corrected chi connectivity index (χ2v) is 3.93. The molecule has 0 saturated carbocycles. The Kier molecular flexibility index (Phi) is 4.70. The van der Waals surface area contributed by atoms with Crippen LogP contribution in [-0.4, -0.2) is 48.5 Å². The Hall–Kier alpha value is -0.120. The van der Waals surface area contributed by atoms with E-state index in [4.69, 9.17) is 9.84 Å². The summed E-state index contributed by atoms with van der Waals surface area (Å²) in [6.45, 7) is 7.45. The van der Waals surface area contributed by atoms with Crippen molar-refractivity contribution in [1.29, 1.82) is 0 Å². The summed E-state index contributed by atoms with van der Waals surface area (Å²) >= 11 is 0. The van der Waals surface area contributed by atoms with Crippen molar-refractivity contribution in [2.45, 2.75) is 38.8 Å². The highest BCUT2D eigenvalue weighted by Gasteiger charge is 2.24. The van der Waals surface area contributed by atoms with Crippen LogP contribution in [-0.2, 0) is 4.74 Å². The molecule has 0 spiro atoms. The summed E-state index contributed by atoms with van der Waals surface area (Å²) in [5, 5.41) is 8.78. The third-order valence-electron chi connectivity index (χ3n) is 2.61. The van der Waals surface area contributed by atoms with Gasteiger partial charge in [-0.3, -0.25) is 4.90 Å². The Bertz CT molecular complexity index is 133. The highest BCUT2D eigenvalue weighted by molar-refractivity contribution is 4.77. The number of ether oxygens (including phenoxy) is 1. The summed E-state index contributed by atoms with van der Waals surface area (Å²) in [5.74, 6) is 0. The van der Waals surface area contributed by atoms with Crippen molar-refractivity contribution >= 4 is 0 Å². The molecule has 0 aliphatic carbocycles. The fourth-order valence-corrected chi connectivity index (χ4v) is 1.90. The number of rotatable bonds is 5. The number of aliphatic hydroxyl groups is 1. The van der Waals surface area contributed by atoms with Crippen LogP contribution in [0.4, 0.5) is 0 Å². The molecule has 1 heterocycles. The Balaban J connectivity index is 2.36. The van der Waals surface area contributed by atoms with Gasteiger partial charge in [0.15, 0.2) is 0 Å². The molecule has 0 radical (unpaired) electrons. The van der Waals surface area contributed by atoms with Crippen molar-refractivity contribution in [2.75, 3.05) is 26.4 Å². The molecule has 1 N–H and O–H groups in total. The smallest absolute Gasteiger partial charge is 0.0622 e. The molecule has 1 aliphatic rings. The van der Waals surface area contributed by atoms with E-state index in [9.17, 15) is 0 Å². The maximum atomic E-state index is 8.78. The van der Waals surface area contributed by atoms with Crippen molar-refractivity contribution in [3.63, 3.8) is 0 Å². The monoisotopic (exact) mass is 187 g/mol. The second-order valence-electron chi connectivity index (χ2n) is 3.93. The van der Waals surface area contributed by atoms with E-state index in [1.54, 1.807) is 0 Å². The summed E-state index contributed by atoms with van der Waals surface area (Å²) in [6.07, 6.45) is 2.01. The molecule has 13 heavy (non-hydrogen) atoms. The van der Waals surface area contributed by atoms with Gasteiger partial charge in [-0.1, -0.05) is 0 Å². The Morgan fingerprint density at radius 2 is 2.31 bits per heavy atom. The van der Waals surface area contributed by atoms with Gasteiger partial charge in [0.2, 0.25) is 0 Å². The predicted molar refractivity (Wildman–Crippen MR) is 52.8 cm³/mol. The molecule has 3 nitrogen and oxygen atoms in total. The molecule has 1 atom stereocenters. The van der Waals surface area contributed by atoms with Gasteiger partial charge in [0.05, 0.1) is 6.61 Å². The summed E-state index contributed by atoms with van der Waals surface area (Å²) in [7, 11) is 0. The third kappa shape index (κ3) is 3.25. The minimum absolute atomic E-state index is 0.288. The maximum Gasteiger partial charge on any atom is 0.0622 e. The van der Waals surface area contributed by atoms with Crippen LogP contribution >= 0.6 is 0 Å². The zero-order chi connectivity index (χ0) is 9.68. The molecule has 0 aromatic heterocycles. The van der Waals surface area contributed by atoms with Crippen LogP contribution in [0.5, 0.6) is 0 Å². The molecule has 3 heteroatoms. The first-order valence-electron chi connectivity index (χ1n) is 5.20. The first-order valence-corrected chi connectivity index (χ1v) is 5.20. The van der Waals surface area contributed by atoms with Gasteiger partial charge in [-0.25, -0.2) is 0 Å². The summed E-state index contributed by atoms with van der Waals surface area (Å²) in [5.41, 5.74) is 0. The van der Waals surface area contributed by atoms with Crippen molar-refractivity contribution in [3.05, 3.63) is 0 Å². The van der Waals surface area contributed by atoms with Crippen LogP contribution in [0.15, 0.2) is 0 Å². The van der Waals surface area contributed by atoms with Gasteiger partial charge in [-0.05, 0) is 26.7 Å². The topological polar surface area (TPSA) is 32.7 Å². The van der Waals surface area contributed by atoms with E-state index in [-0.39, 0.29) is 6.61 Å². The molecular weight excluding hydrogens is 166 g/mol. The number of nitrogens with zero attached hydrogens (tertiary/aromatic N) is 1. The zero-order valence-electron chi connectivity index (χ0n) is 8.70. The van der Waals surface area contributed by atoms with Gasteiger partial charge < -0.3 is 9.84 Å². The van der Waals surface area contributed by atoms with E-state index in [0.29, 0.717) is 12.1 Å². The molecule has 1 rings (SSSR count). The lowest BCUT2D eigenvalue weighted by Crippen LogP contribution is -2.41.